The minimum absolute atomic E-state index is 0.131. The van der Waals surface area contributed by atoms with Crippen LogP contribution in [-0.4, -0.2) is 22.6 Å². The Labute approximate surface area is 141 Å². The summed E-state index contributed by atoms with van der Waals surface area (Å²) < 4.78 is 1.94. The third kappa shape index (κ3) is 5.21. The zero-order valence-electron chi connectivity index (χ0n) is 15.3. The lowest BCUT2D eigenvalue weighted by Crippen LogP contribution is -2.30. The van der Waals surface area contributed by atoms with E-state index in [0.717, 1.165) is 42.9 Å². The van der Waals surface area contributed by atoms with E-state index < -0.39 is 0 Å². The Morgan fingerprint density at radius 1 is 1.22 bits per heavy atom. The first-order valence-electron chi connectivity index (χ1n) is 8.75. The minimum atomic E-state index is 0.131. The van der Waals surface area contributed by atoms with E-state index in [4.69, 9.17) is 0 Å². The van der Waals surface area contributed by atoms with Gasteiger partial charge in [-0.2, -0.15) is 0 Å². The number of pyridine rings is 1. The van der Waals surface area contributed by atoms with E-state index in [1.165, 1.54) is 18.4 Å². The molecule has 0 unspecified atom stereocenters. The van der Waals surface area contributed by atoms with Gasteiger partial charge in [0, 0.05) is 24.3 Å². The molecule has 0 N–H and O–H groups in total. The summed E-state index contributed by atoms with van der Waals surface area (Å²) in [7, 11) is 0. The van der Waals surface area contributed by atoms with E-state index in [0.29, 0.717) is 6.54 Å². The molecule has 1 aliphatic heterocycles. The molecule has 1 saturated heterocycles. The smallest absolute Gasteiger partial charge is 0.253 e. The van der Waals surface area contributed by atoms with Gasteiger partial charge in [0.1, 0.15) is 0 Å². The van der Waals surface area contributed by atoms with Crippen LogP contribution in [0.1, 0.15) is 49.9 Å². The van der Waals surface area contributed by atoms with Crippen molar-refractivity contribution < 1.29 is 0 Å². The van der Waals surface area contributed by atoms with Crippen molar-refractivity contribution in [2.75, 3.05) is 13.1 Å². The normalized spacial score (nSPS) is 14.3. The van der Waals surface area contributed by atoms with Gasteiger partial charge in [0.15, 0.2) is 0 Å². The molecule has 2 heterocycles. The molecular weight excluding hydrogens is 284 g/mol. The third-order valence-corrected chi connectivity index (χ3v) is 4.31. The van der Waals surface area contributed by atoms with Crippen molar-refractivity contribution in [2.24, 2.45) is 0 Å². The lowest BCUT2D eigenvalue weighted by molar-refractivity contribution is 0.318. The van der Waals surface area contributed by atoms with Crippen LogP contribution in [0.3, 0.4) is 0 Å². The molecular formula is C20H32N2O. The van der Waals surface area contributed by atoms with E-state index in [2.05, 4.69) is 25.0 Å². The number of hydrogen-bond acceptors (Lipinski definition) is 2. The molecule has 0 amide bonds. The quantitative estimate of drug-likeness (QED) is 0.734. The Balaban J connectivity index is 0.00000127. The molecule has 23 heavy (non-hydrogen) atoms. The highest BCUT2D eigenvalue weighted by molar-refractivity contribution is 5.25. The molecule has 0 saturated carbocycles. The van der Waals surface area contributed by atoms with Gasteiger partial charge >= 0.3 is 0 Å². The standard InChI is InChI=1S/C18H26N2O.C2H6/c1-5-14(2)8-11-20-17(13-19-9-6-7-10-19)15(3)12-16(4)18(20)21;1-2/h5,12H,1-2,6-11,13H2,3-4H3;1-2H3. The SMILES string of the molecule is C=CC(=C)CCn1c(CN2CCCC2)c(C)cc(C)c1=O.CC. The van der Waals surface area contributed by atoms with E-state index in [-0.39, 0.29) is 5.56 Å². The molecule has 0 bridgehead atoms. The lowest BCUT2D eigenvalue weighted by atomic mass is 10.1. The van der Waals surface area contributed by atoms with E-state index in [9.17, 15) is 4.79 Å². The second-order valence-corrected chi connectivity index (χ2v) is 6.01. The number of hydrogen-bond donors (Lipinski definition) is 0. The van der Waals surface area contributed by atoms with Crippen molar-refractivity contribution >= 4 is 0 Å². The molecule has 1 aliphatic rings. The maximum absolute atomic E-state index is 12.5. The van der Waals surface area contributed by atoms with Crippen molar-refractivity contribution in [3.63, 3.8) is 0 Å². The van der Waals surface area contributed by atoms with Crippen molar-refractivity contribution in [1.29, 1.82) is 0 Å². The molecule has 0 atom stereocenters. The molecule has 0 spiro atoms. The van der Waals surface area contributed by atoms with Crippen molar-refractivity contribution in [3.05, 3.63) is 58.0 Å². The molecule has 1 fully saturated rings. The van der Waals surface area contributed by atoms with Crippen molar-refractivity contribution in [2.45, 2.75) is 60.0 Å². The van der Waals surface area contributed by atoms with Crippen LogP contribution in [0.15, 0.2) is 35.7 Å². The van der Waals surface area contributed by atoms with Crippen LogP contribution >= 0.6 is 0 Å². The maximum Gasteiger partial charge on any atom is 0.253 e. The molecule has 0 aliphatic carbocycles. The van der Waals surface area contributed by atoms with Crippen LogP contribution in [0.2, 0.25) is 0 Å². The highest BCUT2D eigenvalue weighted by Gasteiger charge is 2.17. The first kappa shape index (κ1) is 19.4. The summed E-state index contributed by atoms with van der Waals surface area (Å²) in [5.41, 5.74) is 4.30. The van der Waals surface area contributed by atoms with Crippen molar-refractivity contribution in [3.8, 4) is 0 Å². The van der Waals surface area contributed by atoms with Crippen LogP contribution < -0.4 is 5.56 Å². The van der Waals surface area contributed by atoms with E-state index >= 15 is 0 Å². The summed E-state index contributed by atoms with van der Waals surface area (Å²) in [6.45, 7) is 19.5. The lowest BCUT2D eigenvalue weighted by Gasteiger charge is -2.21. The van der Waals surface area contributed by atoms with Crippen molar-refractivity contribution in [1.82, 2.24) is 9.47 Å². The molecule has 1 aromatic heterocycles. The summed E-state index contributed by atoms with van der Waals surface area (Å²) in [5, 5.41) is 0. The molecule has 3 nitrogen and oxygen atoms in total. The molecule has 0 radical (unpaired) electrons. The third-order valence-electron chi connectivity index (χ3n) is 4.31. The second-order valence-electron chi connectivity index (χ2n) is 6.01. The zero-order valence-corrected chi connectivity index (χ0v) is 15.3. The van der Waals surface area contributed by atoms with E-state index in [1.54, 1.807) is 6.08 Å². The average Bonchev–Trinajstić information content (AvgIpc) is 3.07. The average molecular weight is 316 g/mol. The molecule has 3 heteroatoms. The fourth-order valence-electron chi connectivity index (χ4n) is 2.97. The zero-order chi connectivity index (χ0) is 17.4. The van der Waals surface area contributed by atoms with Gasteiger partial charge in [-0.1, -0.05) is 38.7 Å². The first-order valence-corrected chi connectivity index (χ1v) is 8.75. The van der Waals surface area contributed by atoms with Gasteiger partial charge in [0.2, 0.25) is 0 Å². The topological polar surface area (TPSA) is 25.2 Å². The number of likely N-dealkylation sites (tertiary alicyclic amines) is 1. The van der Waals surface area contributed by atoms with Gasteiger partial charge in [-0.15, -0.1) is 0 Å². The summed E-state index contributed by atoms with van der Waals surface area (Å²) in [5.74, 6) is 0. The van der Waals surface area contributed by atoms with Gasteiger partial charge < -0.3 is 4.57 Å². The highest BCUT2D eigenvalue weighted by atomic mass is 16.1. The summed E-state index contributed by atoms with van der Waals surface area (Å²) >= 11 is 0. The fraction of sp³-hybridized carbons (Fsp3) is 0.550. The number of aryl methyl sites for hydroxylation is 2. The highest BCUT2D eigenvalue weighted by Crippen LogP contribution is 2.16. The number of allylic oxidation sites excluding steroid dienone is 2. The Kier molecular flexibility index (Phi) is 8.04. The Hall–Kier alpha value is -1.61. The van der Waals surface area contributed by atoms with Gasteiger partial charge in [0.05, 0.1) is 0 Å². The van der Waals surface area contributed by atoms with Crippen LogP contribution in [0.4, 0.5) is 0 Å². The summed E-state index contributed by atoms with van der Waals surface area (Å²) in [6, 6.07) is 2.02. The van der Waals surface area contributed by atoms with Gasteiger partial charge in [-0.05, 0) is 57.8 Å². The van der Waals surface area contributed by atoms with Gasteiger partial charge in [0.25, 0.3) is 5.56 Å². The van der Waals surface area contributed by atoms with Gasteiger partial charge in [-0.3, -0.25) is 9.69 Å². The second kappa shape index (κ2) is 9.51. The predicted molar refractivity (Wildman–Crippen MR) is 100.0 cm³/mol. The maximum atomic E-state index is 12.5. The first-order chi connectivity index (χ1) is 11.0. The van der Waals surface area contributed by atoms with Crippen LogP contribution in [-0.2, 0) is 13.1 Å². The number of rotatable bonds is 6. The molecule has 128 valence electrons. The van der Waals surface area contributed by atoms with Crippen LogP contribution in [0.5, 0.6) is 0 Å². The number of nitrogens with zero attached hydrogens (tertiary/aromatic N) is 2. The van der Waals surface area contributed by atoms with Gasteiger partial charge in [-0.25, -0.2) is 0 Å². The predicted octanol–water partition coefficient (Wildman–Crippen LogP) is 4.22. The Morgan fingerprint density at radius 2 is 1.83 bits per heavy atom. The number of aromatic nitrogens is 1. The van der Waals surface area contributed by atoms with Crippen LogP contribution in [0.25, 0.3) is 0 Å². The van der Waals surface area contributed by atoms with Crippen LogP contribution in [0, 0.1) is 13.8 Å². The molecule has 1 aromatic rings. The monoisotopic (exact) mass is 316 g/mol. The Morgan fingerprint density at radius 3 is 2.39 bits per heavy atom. The fourth-order valence-corrected chi connectivity index (χ4v) is 2.97. The molecule has 0 aromatic carbocycles. The largest absolute Gasteiger partial charge is 0.311 e. The van der Waals surface area contributed by atoms with E-state index in [1.807, 2.05) is 31.4 Å². The molecule has 2 rings (SSSR count). The Bertz CT molecular complexity index is 592. The minimum Gasteiger partial charge on any atom is -0.311 e. The summed E-state index contributed by atoms with van der Waals surface area (Å²) in [6.07, 6.45) is 5.08. The summed E-state index contributed by atoms with van der Waals surface area (Å²) in [4.78, 5) is 14.9.